The first kappa shape index (κ1) is 24.1. The number of benzene rings is 3. The summed E-state index contributed by atoms with van der Waals surface area (Å²) in [5.41, 5.74) is 7.21. The number of unbranched alkanes of at least 4 members (excludes halogenated alkanes) is 7. The predicted octanol–water partition coefficient (Wildman–Crippen LogP) is 9.36. The van der Waals surface area contributed by atoms with Crippen LogP contribution in [0.15, 0.2) is 66.7 Å². The van der Waals surface area contributed by atoms with E-state index in [2.05, 4.69) is 74.5 Å². The minimum Gasteiger partial charge on any atom is -0.508 e. The number of phenols is 1. The lowest BCUT2D eigenvalue weighted by atomic mass is 9.97. The average molecular weight is 429 g/mol. The summed E-state index contributed by atoms with van der Waals surface area (Å²) in [4.78, 5) is 0. The van der Waals surface area contributed by atoms with Gasteiger partial charge in [0.25, 0.3) is 0 Å². The van der Waals surface area contributed by atoms with Crippen LogP contribution in [0.4, 0.5) is 0 Å². The van der Waals surface area contributed by atoms with E-state index in [1.165, 1.54) is 74.5 Å². The van der Waals surface area contributed by atoms with Gasteiger partial charge in [-0.3, -0.25) is 0 Å². The molecule has 0 fully saturated rings. The summed E-state index contributed by atoms with van der Waals surface area (Å²) >= 11 is 0. The largest absolute Gasteiger partial charge is 0.508 e. The summed E-state index contributed by atoms with van der Waals surface area (Å²) in [6.07, 6.45) is 13.7. The normalized spacial score (nSPS) is 11.1. The van der Waals surface area contributed by atoms with Crippen LogP contribution in [0.2, 0.25) is 0 Å². The zero-order chi connectivity index (χ0) is 22.6. The molecule has 3 rings (SSSR count). The number of hydrogen-bond acceptors (Lipinski definition) is 1. The summed E-state index contributed by atoms with van der Waals surface area (Å²) in [7, 11) is 0. The molecule has 0 aliphatic heterocycles. The lowest BCUT2D eigenvalue weighted by Gasteiger charge is -2.09. The molecule has 32 heavy (non-hydrogen) atoms. The second-order valence-electron chi connectivity index (χ2n) is 9.09. The van der Waals surface area contributed by atoms with E-state index in [4.69, 9.17) is 0 Å². The van der Waals surface area contributed by atoms with Gasteiger partial charge in [0.15, 0.2) is 0 Å². The summed E-state index contributed by atoms with van der Waals surface area (Å²) in [5.74, 6) is 0.429. The Labute approximate surface area is 195 Å². The van der Waals surface area contributed by atoms with Gasteiger partial charge in [-0.1, -0.05) is 119 Å². The fraction of sp³-hybridized carbons (Fsp3) is 0.419. The maximum Gasteiger partial charge on any atom is 0.119 e. The minimum absolute atomic E-state index is 0.429. The van der Waals surface area contributed by atoms with Crippen molar-refractivity contribution in [2.45, 2.75) is 84.5 Å². The predicted molar refractivity (Wildman–Crippen MR) is 139 cm³/mol. The highest BCUT2D eigenvalue weighted by atomic mass is 16.3. The fourth-order valence-electron chi connectivity index (χ4n) is 4.35. The number of aromatic hydroxyl groups is 1. The van der Waals surface area contributed by atoms with Gasteiger partial charge in [-0.2, -0.15) is 0 Å². The van der Waals surface area contributed by atoms with Crippen molar-refractivity contribution in [3.63, 3.8) is 0 Å². The minimum atomic E-state index is 0.429. The molecule has 0 radical (unpaired) electrons. The summed E-state index contributed by atoms with van der Waals surface area (Å²) < 4.78 is 0. The molecule has 0 atom stereocenters. The van der Waals surface area contributed by atoms with Crippen LogP contribution >= 0.6 is 0 Å². The Morgan fingerprint density at radius 2 is 0.969 bits per heavy atom. The monoisotopic (exact) mass is 428 g/mol. The van der Waals surface area contributed by atoms with E-state index < -0.39 is 0 Å². The van der Waals surface area contributed by atoms with Crippen molar-refractivity contribution in [1.29, 1.82) is 0 Å². The third-order valence-corrected chi connectivity index (χ3v) is 6.46. The SMILES string of the molecule is CCCCCCCCc1ccc(-c2ccc(-c3ccc(CCCCC)cc3)cc2)cc1O. The molecule has 1 nitrogen and oxygen atoms in total. The Morgan fingerprint density at radius 1 is 0.500 bits per heavy atom. The van der Waals surface area contributed by atoms with Gasteiger partial charge in [0.2, 0.25) is 0 Å². The van der Waals surface area contributed by atoms with Gasteiger partial charge in [0.05, 0.1) is 0 Å². The molecule has 0 heterocycles. The fourth-order valence-corrected chi connectivity index (χ4v) is 4.35. The Kier molecular flexibility index (Phi) is 9.88. The maximum atomic E-state index is 10.5. The smallest absolute Gasteiger partial charge is 0.119 e. The van der Waals surface area contributed by atoms with Crippen LogP contribution in [-0.4, -0.2) is 5.11 Å². The molecule has 170 valence electrons. The van der Waals surface area contributed by atoms with Gasteiger partial charge in [0, 0.05) is 0 Å². The highest BCUT2D eigenvalue weighted by Gasteiger charge is 2.06. The van der Waals surface area contributed by atoms with Crippen molar-refractivity contribution in [2.75, 3.05) is 0 Å². The summed E-state index contributed by atoms with van der Waals surface area (Å²) in [5, 5.41) is 10.5. The van der Waals surface area contributed by atoms with Gasteiger partial charge in [-0.25, -0.2) is 0 Å². The van der Waals surface area contributed by atoms with Crippen LogP contribution in [-0.2, 0) is 12.8 Å². The first-order chi connectivity index (χ1) is 15.7. The molecule has 0 saturated carbocycles. The highest BCUT2D eigenvalue weighted by molar-refractivity contribution is 5.71. The van der Waals surface area contributed by atoms with Crippen molar-refractivity contribution in [1.82, 2.24) is 0 Å². The van der Waals surface area contributed by atoms with E-state index in [-0.39, 0.29) is 0 Å². The van der Waals surface area contributed by atoms with Gasteiger partial charge in [-0.05, 0) is 65.1 Å². The molecule has 1 heteroatoms. The Balaban J connectivity index is 1.57. The van der Waals surface area contributed by atoms with E-state index in [1.54, 1.807) is 0 Å². The van der Waals surface area contributed by atoms with Gasteiger partial charge < -0.3 is 5.11 Å². The Hall–Kier alpha value is -2.54. The van der Waals surface area contributed by atoms with Gasteiger partial charge >= 0.3 is 0 Å². The van der Waals surface area contributed by atoms with Gasteiger partial charge in [-0.15, -0.1) is 0 Å². The summed E-state index contributed by atoms with van der Waals surface area (Å²) in [6.45, 7) is 4.50. The Morgan fingerprint density at radius 3 is 1.59 bits per heavy atom. The van der Waals surface area contributed by atoms with Crippen LogP contribution in [0.3, 0.4) is 0 Å². The van der Waals surface area contributed by atoms with E-state index in [9.17, 15) is 5.11 Å². The number of rotatable bonds is 13. The number of phenolic OH excluding ortho intramolecular Hbond substituents is 1. The lowest BCUT2D eigenvalue weighted by Crippen LogP contribution is -1.89. The van der Waals surface area contributed by atoms with E-state index >= 15 is 0 Å². The van der Waals surface area contributed by atoms with Crippen molar-refractivity contribution in [3.8, 4) is 28.0 Å². The van der Waals surface area contributed by atoms with Crippen molar-refractivity contribution in [2.24, 2.45) is 0 Å². The van der Waals surface area contributed by atoms with Gasteiger partial charge in [0.1, 0.15) is 5.75 Å². The number of aryl methyl sites for hydroxylation is 2. The van der Waals surface area contributed by atoms with E-state index in [0.29, 0.717) is 5.75 Å². The van der Waals surface area contributed by atoms with Crippen molar-refractivity contribution in [3.05, 3.63) is 77.9 Å². The molecule has 0 spiro atoms. The molecule has 0 aromatic heterocycles. The van der Waals surface area contributed by atoms with Crippen LogP contribution in [0, 0.1) is 0 Å². The molecular formula is C31H40O. The highest BCUT2D eigenvalue weighted by Crippen LogP contribution is 2.30. The molecule has 0 amide bonds. The maximum absolute atomic E-state index is 10.5. The first-order valence-corrected chi connectivity index (χ1v) is 12.7. The first-order valence-electron chi connectivity index (χ1n) is 12.7. The number of hydrogen-bond donors (Lipinski definition) is 1. The third kappa shape index (κ3) is 7.26. The van der Waals surface area contributed by atoms with Crippen LogP contribution in [0.25, 0.3) is 22.3 Å². The molecule has 3 aromatic carbocycles. The third-order valence-electron chi connectivity index (χ3n) is 6.46. The zero-order valence-electron chi connectivity index (χ0n) is 20.1. The molecule has 0 saturated heterocycles. The average Bonchev–Trinajstić information content (AvgIpc) is 2.83. The zero-order valence-corrected chi connectivity index (χ0v) is 20.1. The molecular weight excluding hydrogens is 388 g/mol. The topological polar surface area (TPSA) is 20.2 Å². The quantitative estimate of drug-likeness (QED) is 0.269. The molecule has 0 bridgehead atoms. The second kappa shape index (κ2) is 13.1. The van der Waals surface area contributed by atoms with Crippen LogP contribution in [0.5, 0.6) is 5.75 Å². The molecule has 0 aliphatic carbocycles. The second-order valence-corrected chi connectivity index (χ2v) is 9.09. The molecule has 0 unspecified atom stereocenters. The molecule has 3 aromatic rings. The van der Waals surface area contributed by atoms with Crippen LogP contribution < -0.4 is 0 Å². The molecule has 1 N–H and O–H groups in total. The standard InChI is InChI=1S/C31H40O/c1-3-5-7-8-9-11-13-29-22-23-30(24-31(29)32)28-20-18-27(19-21-28)26-16-14-25(15-17-26)12-10-6-4-2/h14-24,32H,3-13H2,1-2H3. The van der Waals surface area contributed by atoms with E-state index in [0.717, 1.165) is 29.5 Å². The Bertz CT molecular complexity index is 922. The lowest BCUT2D eigenvalue weighted by molar-refractivity contribution is 0.466. The van der Waals surface area contributed by atoms with Crippen LogP contribution in [0.1, 0.15) is 82.8 Å². The van der Waals surface area contributed by atoms with Crippen molar-refractivity contribution < 1.29 is 5.11 Å². The van der Waals surface area contributed by atoms with E-state index in [1.807, 2.05) is 6.07 Å². The van der Waals surface area contributed by atoms with Crippen molar-refractivity contribution >= 4 is 0 Å². The molecule has 0 aliphatic rings. The summed E-state index contributed by atoms with van der Waals surface area (Å²) in [6, 6.07) is 23.8.